The van der Waals surface area contributed by atoms with Gasteiger partial charge in [0.05, 0.1) is 12.1 Å². The SMILES string of the molecule is Cl.O=S(=O)(N[C@H]1CNCC[C@H]1O)c1cccnc1. The second-order valence-electron chi connectivity index (χ2n) is 3.98. The molecule has 0 bridgehead atoms. The van der Waals surface area contributed by atoms with Crippen LogP contribution < -0.4 is 10.0 Å². The number of piperidine rings is 1. The van der Waals surface area contributed by atoms with Gasteiger partial charge in [-0.3, -0.25) is 4.98 Å². The Bertz CT molecular complexity index is 469. The molecule has 18 heavy (non-hydrogen) atoms. The smallest absolute Gasteiger partial charge is 0.242 e. The number of hydrogen-bond acceptors (Lipinski definition) is 5. The van der Waals surface area contributed by atoms with Crippen LogP contribution in [0.15, 0.2) is 29.4 Å². The Morgan fingerprint density at radius 1 is 1.50 bits per heavy atom. The van der Waals surface area contributed by atoms with E-state index < -0.39 is 22.2 Å². The minimum absolute atomic E-state index is 0. The lowest BCUT2D eigenvalue weighted by Crippen LogP contribution is -2.53. The van der Waals surface area contributed by atoms with Gasteiger partial charge in [0.15, 0.2) is 0 Å². The summed E-state index contributed by atoms with van der Waals surface area (Å²) < 4.78 is 26.4. The molecule has 0 spiro atoms. The molecular formula is C10H16ClN3O3S. The van der Waals surface area contributed by atoms with E-state index in [1.165, 1.54) is 18.5 Å². The molecule has 1 aromatic rings. The number of sulfonamides is 1. The molecule has 102 valence electrons. The zero-order chi connectivity index (χ0) is 12.3. The molecule has 2 atom stereocenters. The highest BCUT2D eigenvalue weighted by Crippen LogP contribution is 2.10. The highest BCUT2D eigenvalue weighted by molar-refractivity contribution is 7.89. The molecule has 3 N–H and O–H groups in total. The lowest BCUT2D eigenvalue weighted by molar-refractivity contribution is 0.109. The van der Waals surface area contributed by atoms with Crippen LogP contribution in [-0.2, 0) is 10.0 Å². The van der Waals surface area contributed by atoms with Crippen molar-refractivity contribution in [2.75, 3.05) is 13.1 Å². The first-order valence-corrected chi connectivity index (χ1v) is 6.89. The maximum atomic E-state index is 12.0. The normalized spacial score (nSPS) is 24.3. The molecule has 1 aromatic heterocycles. The lowest BCUT2D eigenvalue weighted by Gasteiger charge is -2.28. The molecule has 2 rings (SSSR count). The number of aromatic nitrogens is 1. The Kier molecular flexibility index (Phi) is 5.48. The molecule has 8 heteroatoms. The van der Waals surface area contributed by atoms with Crippen molar-refractivity contribution >= 4 is 22.4 Å². The zero-order valence-electron chi connectivity index (χ0n) is 9.61. The van der Waals surface area contributed by atoms with Crippen molar-refractivity contribution in [1.29, 1.82) is 0 Å². The van der Waals surface area contributed by atoms with Gasteiger partial charge in [-0.15, -0.1) is 12.4 Å². The zero-order valence-corrected chi connectivity index (χ0v) is 11.2. The Balaban J connectivity index is 0.00000162. The van der Waals surface area contributed by atoms with E-state index in [0.717, 1.165) is 0 Å². The van der Waals surface area contributed by atoms with E-state index in [-0.39, 0.29) is 17.3 Å². The summed E-state index contributed by atoms with van der Waals surface area (Å²) in [6.07, 6.45) is 2.68. The maximum absolute atomic E-state index is 12.0. The predicted octanol–water partition coefficient (Wildman–Crippen LogP) is -0.496. The molecule has 1 saturated heterocycles. The van der Waals surface area contributed by atoms with Gasteiger partial charge in [-0.1, -0.05) is 0 Å². The molecule has 1 aliphatic rings. The van der Waals surface area contributed by atoms with Crippen LogP contribution in [0.4, 0.5) is 0 Å². The fourth-order valence-electron chi connectivity index (χ4n) is 1.74. The molecule has 1 aliphatic heterocycles. The van der Waals surface area contributed by atoms with Gasteiger partial charge in [-0.25, -0.2) is 13.1 Å². The van der Waals surface area contributed by atoms with Crippen LogP contribution in [-0.4, -0.2) is 43.7 Å². The summed E-state index contributed by atoms with van der Waals surface area (Å²) in [5, 5.41) is 12.7. The molecule has 0 aliphatic carbocycles. The van der Waals surface area contributed by atoms with Crippen molar-refractivity contribution in [3.8, 4) is 0 Å². The second-order valence-corrected chi connectivity index (χ2v) is 5.69. The van der Waals surface area contributed by atoms with Crippen LogP contribution in [0.25, 0.3) is 0 Å². The molecule has 0 amide bonds. The molecule has 1 fully saturated rings. The third-order valence-corrected chi connectivity index (χ3v) is 4.17. The predicted molar refractivity (Wildman–Crippen MR) is 69.1 cm³/mol. The summed E-state index contributed by atoms with van der Waals surface area (Å²) in [7, 11) is -3.61. The minimum atomic E-state index is -3.61. The van der Waals surface area contributed by atoms with Crippen molar-refractivity contribution in [1.82, 2.24) is 15.0 Å². The monoisotopic (exact) mass is 293 g/mol. The Morgan fingerprint density at radius 3 is 2.89 bits per heavy atom. The molecular weight excluding hydrogens is 278 g/mol. The van der Waals surface area contributed by atoms with Crippen LogP contribution in [0.3, 0.4) is 0 Å². The maximum Gasteiger partial charge on any atom is 0.242 e. The average Bonchev–Trinajstić information content (AvgIpc) is 2.33. The average molecular weight is 294 g/mol. The topological polar surface area (TPSA) is 91.3 Å². The quantitative estimate of drug-likeness (QED) is 0.699. The highest BCUT2D eigenvalue weighted by atomic mass is 35.5. The van der Waals surface area contributed by atoms with E-state index in [9.17, 15) is 13.5 Å². The summed E-state index contributed by atoms with van der Waals surface area (Å²) in [5.41, 5.74) is 0. The molecule has 0 unspecified atom stereocenters. The highest BCUT2D eigenvalue weighted by Gasteiger charge is 2.27. The molecule has 0 aromatic carbocycles. The number of aliphatic hydroxyl groups excluding tert-OH is 1. The van der Waals surface area contributed by atoms with Gasteiger partial charge in [0.25, 0.3) is 0 Å². The summed E-state index contributed by atoms with van der Waals surface area (Å²) in [6, 6.07) is 2.54. The van der Waals surface area contributed by atoms with Crippen molar-refractivity contribution in [3.63, 3.8) is 0 Å². The summed E-state index contributed by atoms with van der Waals surface area (Å²) in [6.45, 7) is 1.13. The second kappa shape index (κ2) is 6.44. The summed E-state index contributed by atoms with van der Waals surface area (Å²) in [5.74, 6) is 0. The van der Waals surface area contributed by atoms with E-state index in [1.54, 1.807) is 6.07 Å². The Morgan fingerprint density at radius 2 is 2.28 bits per heavy atom. The van der Waals surface area contributed by atoms with Crippen LogP contribution in [0.2, 0.25) is 0 Å². The number of nitrogens with one attached hydrogen (secondary N) is 2. The van der Waals surface area contributed by atoms with Gasteiger partial charge in [0, 0.05) is 18.9 Å². The Labute approximate surface area is 112 Å². The number of hydrogen-bond donors (Lipinski definition) is 3. The first-order chi connectivity index (χ1) is 8.09. The third-order valence-electron chi connectivity index (χ3n) is 2.70. The molecule has 0 saturated carbocycles. The van der Waals surface area contributed by atoms with Gasteiger partial charge in [0.1, 0.15) is 4.90 Å². The van der Waals surface area contributed by atoms with Crippen molar-refractivity contribution in [2.24, 2.45) is 0 Å². The molecule has 0 radical (unpaired) electrons. The van der Waals surface area contributed by atoms with Crippen molar-refractivity contribution < 1.29 is 13.5 Å². The van der Waals surface area contributed by atoms with Crippen LogP contribution in [0.1, 0.15) is 6.42 Å². The molecule has 6 nitrogen and oxygen atoms in total. The van der Waals surface area contributed by atoms with Crippen molar-refractivity contribution in [2.45, 2.75) is 23.5 Å². The largest absolute Gasteiger partial charge is 0.391 e. The van der Waals surface area contributed by atoms with Crippen LogP contribution in [0.5, 0.6) is 0 Å². The summed E-state index contributed by atoms with van der Waals surface area (Å²) in [4.78, 5) is 3.87. The number of aliphatic hydroxyl groups is 1. The number of pyridine rings is 1. The van der Waals surface area contributed by atoms with E-state index in [0.29, 0.717) is 19.5 Å². The van der Waals surface area contributed by atoms with E-state index >= 15 is 0 Å². The first kappa shape index (κ1) is 15.3. The Hall–Kier alpha value is -0.730. The van der Waals surface area contributed by atoms with Gasteiger partial charge >= 0.3 is 0 Å². The molecule has 2 heterocycles. The van der Waals surface area contributed by atoms with E-state index in [4.69, 9.17) is 0 Å². The number of rotatable bonds is 3. The van der Waals surface area contributed by atoms with Gasteiger partial charge in [-0.05, 0) is 25.1 Å². The first-order valence-electron chi connectivity index (χ1n) is 5.41. The fourth-order valence-corrected chi connectivity index (χ4v) is 2.97. The van der Waals surface area contributed by atoms with Crippen molar-refractivity contribution in [3.05, 3.63) is 24.5 Å². The van der Waals surface area contributed by atoms with Gasteiger partial charge in [-0.2, -0.15) is 0 Å². The number of halogens is 1. The van der Waals surface area contributed by atoms with E-state index in [1.807, 2.05) is 0 Å². The van der Waals surface area contributed by atoms with Gasteiger partial charge < -0.3 is 10.4 Å². The van der Waals surface area contributed by atoms with E-state index in [2.05, 4.69) is 15.0 Å². The third kappa shape index (κ3) is 3.63. The van der Waals surface area contributed by atoms with Gasteiger partial charge in [0.2, 0.25) is 10.0 Å². The van der Waals surface area contributed by atoms with Crippen LogP contribution >= 0.6 is 12.4 Å². The summed E-state index contributed by atoms with van der Waals surface area (Å²) >= 11 is 0. The standard InChI is InChI=1S/C10H15N3O3S.ClH/c14-10-3-5-12-7-9(10)13-17(15,16)8-2-1-4-11-6-8;/h1-2,4,6,9-10,12-14H,3,5,7H2;1H/t9-,10+;/m0./s1. The lowest BCUT2D eigenvalue weighted by atomic mass is 10.1. The van der Waals surface area contributed by atoms with Crippen LogP contribution in [0, 0.1) is 0 Å². The number of nitrogens with zero attached hydrogens (tertiary/aromatic N) is 1. The minimum Gasteiger partial charge on any atom is -0.391 e. The fraction of sp³-hybridized carbons (Fsp3) is 0.500.